The van der Waals surface area contributed by atoms with Crippen LogP contribution in [-0.2, 0) is 4.79 Å². The number of carbonyl (C=O) groups excluding carboxylic acids is 1. The molecule has 2 N–H and O–H groups in total. The van der Waals surface area contributed by atoms with Crippen molar-refractivity contribution in [2.45, 2.75) is 19.4 Å². The van der Waals surface area contributed by atoms with E-state index in [4.69, 9.17) is 9.84 Å². The van der Waals surface area contributed by atoms with Gasteiger partial charge < -0.3 is 15.2 Å². The minimum Gasteiger partial charge on any atom is -0.492 e. The molecule has 1 aliphatic rings. The number of hydrogen-bond donors (Lipinski definition) is 2. The van der Waals surface area contributed by atoms with Gasteiger partial charge in [0.1, 0.15) is 5.75 Å². The zero-order valence-corrected chi connectivity index (χ0v) is 10.6. The van der Waals surface area contributed by atoms with Crippen molar-refractivity contribution >= 4 is 17.7 Å². The molecule has 19 heavy (non-hydrogen) atoms. The molecule has 0 aliphatic carbocycles. The second-order valence-electron chi connectivity index (χ2n) is 4.21. The summed E-state index contributed by atoms with van der Waals surface area (Å²) in [6.07, 6.45) is -0.0980. The van der Waals surface area contributed by atoms with Crippen molar-refractivity contribution in [3.63, 3.8) is 0 Å². The molecule has 0 saturated carbocycles. The fourth-order valence-electron chi connectivity index (χ4n) is 2.15. The minimum absolute atomic E-state index is 0.0980. The van der Waals surface area contributed by atoms with Crippen LogP contribution in [0.1, 0.15) is 13.3 Å². The summed E-state index contributed by atoms with van der Waals surface area (Å²) in [5, 5.41) is 11.6. The fraction of sp³-hybridized carbons (Fsp3) is 0.385. The van der Waals surface area contributed by atoms with E-state index in [0.29, 0.717) is 24.6 Å². The highest BCUT2D eigenvalue weighted by atomic mass is 16.5. The summed E-state index contributed by atoms with van der Waals surface area (Å²) in [5.74, 6) is -0.349. The van der Waals surface area contributed by atoms with Crippen molar-refractivity contribution in [3.05, 3.63) is 24.3 Å². The first-order valence-corrected chi connectivity index (χ1v) is 6.14. The van der Waals surface area contributed by atoms with Gasteiger partial charge in [-0.15, -0.1) is 0 Å². The molecule has 1 atom stereocenters. The summed E-state index contributed by atoms with van der Waals surface area (Å²) in [6, 6.07) is 6.44. The SMILES string of the molecule is CCOc1ccccc1N1C(=O)NCC1CC(=O)O. The molecule has 6 heteroatoms. The lowest BCUT2D eigenvalue weighted by molar-refractivity contribution is -0.137. The monoisotopic (exact) mass is 264 g/mol. The highest BCUT2D eigenvalue weighted by Crippen LogP contribution is 2.31. The molecule has 1 fully saturated rings. The Hall–Kier alpha value is -2.24. The van der Waals surface area contributed by atoms with Crippen molar-refractivity contribution in [2.75, 3.05) is 18.1 Å². The summed E-state index contributed by atoms with van der Waals surface area (Å²) in [4.78, 5) is 24.2. The highest BCUT2D eigenvalue weighted by molar-refractivity contribution is 5.97. The quantitative estimate of drug-likeness (QED) is 0.843. The van der Waals surface area contributed by atoms with Gasteiger partial charge in [-0.1, -0.05) is 12.1 Å². The molecule has 0 spiro atoms. The normalized spacial score (nSPS) is 18.3. The molecular weight excluding hydrogens is 248 g/mol. The van der Waals surface area contributed by atoms with E-state index < -0.39 is 12.0 Å². The molecule has 1 aliphatic heterocycles. The number of amides is 2. The van der Waals surface area contributed by atoms with E-state index in [1.165, 1.54) is 4.90 Å². The number of carbonyl (C=O) groups is 2. The maximum Gasteiger partial charge on any atom is 0.322 e. The van der Waals surface area contributed by atoms with Crippen molar-refractivity contribution in [3.8, 4) is 5.75 Å². The third kappa shape index (κ3) is 2.78. The van der Waals surface area contributed by atoms with Crippen molar-refractivity contribution in [1.29, 1.82) is 0 Å². The number of rotatable bonds is 5. The van der Waals surface area contributed by atoms with Crippen molar-refractivity contribution in [1.82, 2.24) is 5.32 Å². The maximum atomic E-state index is 11.9. The molecular formula is C13H16N2O4. The Kier molecular flexibility index (Phi) is 3.89. The van der Waals surface area contributed by atoms with Gasteiger partial charge in [-0.05, 0) is 19.1 Å². The van der Waals surface area contributed by atoms with Gasteiger partial charge in [0.05, 0.1) is 24.8 Å². The molecule has 0 aromatic heterocycles. The number of hydrogen-bond acceptors (Lipinski definition) is 3. The smallest absolute Gasteiger partial charge is 0.322 e. The molecule has 1 aromatic carbocycles. The molecule has 2 rings (SSSR count). The van der Waals surface area contributed by atoms with E-state index in [9.17, 15) is 9.59 Å². The second kappa shape index (κ2) is 5.60. The predicted molar refractivity (Wildman–Crippen MR) is 69.5 cm³/mol. The Morgan fingerprint density at radius 1 is 1.53 bits per heavy atom. The number of para-hydroxylation sites is 2. The number of nitrogens with zero attached hydrogens (tertiary/aromatic N) is 1. The number of ether oxygens (including phenoxy) is 1. The Morgan fingerprint density at radius 3 is 2.95 bits per heavy atom. The molecule has 0 radical (unpaired) electrons. The standard InChI is InChI=1S/C13H16N2O4/c1-2-19-11-6-4-3-5-10(11)15-9(7-12(16)17)8-14-13(15)18/h3-6,9H,2,7-8H2,1H3,(H,14,18)(H,16,17). The van der Waals surface area contributed by atoms with Crippen LogP contribution in [0.2, 0.25) is 0 Å². The average Bonchev–Trinajstić information content (AvgIpc) is 2.71. The lowest BCUT2D eigenvalue weighted by atomic mass is 10.1. The first-order chi connectivity index (χ1) is 9.13. The number of aliphatic carboxylic acids is 1. The fourth-order valence-corrected chi connectivity index (χ4v) is 2.15. The number of urea groups is 1. The average molecular weight is 264 g/mol. The van der Waals surface area contributed by atoms with E-state index in [0.717, 1.165) is 0 Å². The number of anilines is 1. The molecule has 1 heterocycles. The molecule has 6 nitrogen and oxygen atoms in total. The third-order valence-corrected chi connectivity index (χ3v) is 2.91. The van der Waals surface area contributed by atoms with Crippen LogP contribution in [0.15, 0.2) is 24.3 Å². The van der Waals surface area contributed by atoms with Crippen LogP contribution in [0.5, 0.6) is 5.75 Å². The molecule has 0 bridgehead atoms. The zero-order chi connectivity index (χ0) is 13.8. The number of carboxylic acids is 1. The summed E-state index contributed by atoms with van der Waals surface area (Å²) in [5.41, 5.74) is 0.602. The van der Waals surface area contributed by atoms with Crippen LogP contribution >= 0.6 is 0 Å². The molecule has 1 unspecified atom stereocenters. The lowest BCUT2D eigenvalue weighted by Crippen LogP contribution is -2.35. The molecule has 1 saturated heterocycles. The van der Waals surface area contributed by atoms with E-state index in [2.05, 4.69) is 5.32 Å². The topological polar surface area (TPSA) is 78.9 Å². The van der Waals surface area contributed by atoms with Gasteiger partial charge in [0.25, 0.3) is 0 Å². The van der Waals surface area contributed by atoms with E-state index >= 15 is 0 Å². The zero-order valence-electron chi connectivity index (χ0n) is 10.6. The number of nitrogens with one attached hydrogen (secondary N) is 1. The van der Waals surface area contributed by atoms with Gasteiger partial charge in [0.2, 0.25) is 0 Å². The first kappa shape index (κ1) is 13.2. The van der Waals surface area contributed by atoms with Gasteiger partial charge in [-0.3, -0.25) is 9.69 Å². The molecule has 1 aromatic rings. The maximum absolute atomic E-state index is 11.9. The first-order valence-electron chi connectivity index (χ1n) is 6.14. The number of benzene rings is 1. The van der Waals surface area contributed by atoms with Gasteiger partial charge in [-0.2, -0.15) is 0 Å². The van der Waals surface area contributed by atoms with E-state index in [1.54, 1.807) is 18.2 Å². The van der Waals surface area contributed by atoms with Crippen LogP contribution in [-0.4, -0.2) is 36.3 Å². The third-order valence-electron chi connectivity index (χ3n) is 2.91. The van der Waals surface area contributed by atoms with Gasteiger partial charge >= 0.3 is 12.0 Å². The Bertz CT molecular complexity index is 489. The largest absolute Gasteiger partial charge is 0.492 e. The van der Waals surface area contributed by atoms with Gasteiger partial charge in [0, 0.05) is 6.54 Å². The minimum atomic E-state index is -0.930. The Labute approximate surface area is 111 Å². The second-order valence-corrected chi connectivity index (χ2v) is 4.21. The molecule has 2 amide bonds. The van der Waals surface area contributed by atoms with Crippen LogP contribution in [0.4, 0.5) is 10.5 Å². The van der Waals surface area contributed by atoms with Crippen molar-refractivity contribution in [2.24, 2.45) is 0 Å². The predicted octanol–water partition coefficient (Wildman–Crippen LogP) is 1.46. The summed E-state index contributed by atoms with van der Waals surface area (Å²) < 4.78 is 5.48. The van der Waals surface area contributed by atoms with Crippen LogP contribution in [0.25, 0.3) is 0 Å². The van der Waals surface area contributed by atoms with Crippen LogP contribution in [0, 0.1) is 0 Å². The lowest BCUT2D eigenvalue weighted by Gasteiger charge is -2.24. The van der Waals surface area contributed by atoms with E-state index in [1.807, 2.05) is 13.0 Å². The summed E-state index contributed by atoms with van der Waals surface area (Å²) in [6.45, 7) is 2.66. The summed E-state index contributed by atoms with van der Waals surface area (Å²) >= 11 is 0. The van der Waals surface area contributed by atoms with E-state index in [-0.39, 0.29) is 12.5 Å². The van der Waals surface area contributed by atoms with Crippen LogP contribution in [0.3, 0.4) is 0 Å². The molecule has 102 valence electrons. The number of carboxylic acid groups (broad SMARTS) is 1. The highest BCUT2D eigenvalue weighted by Gasteiger charge is 2.34. The van der Waals surface area contributed by atoms with Crippen molar-refractivity contribution < 1.29 is 19.4 Å². The Balaban J connectivity index is 2.31. The van der Waals surface area contributed by atoms with Crippen LogP contribution < -0.4 is 15.0 Å². The summed E-state index contributed by atoms with van der Waals surface area (Å²) in [7, 11) is 0. The Morgan fingerprint density at radius 2 is 2.26 bits per heavy atom. The van der Waals surface area contributed by atoms with Gasteiger partial charge in [-0.25, -0.2) is 4.79 Å². The van der Waals surface area contributed by atoms with Gasteiger partial charge in [0.15, 0.2) is 0 Å².